The summed E-state index contributed by atoms with van der Waals surface area (Å²) in [5, 5.41) is 13.9. The molecule has 0 saturated carbocycles. The number of nitrogens with one attached hydrogen (secondary N) is 1. The molecule has 0 radical (unpaired) electrons. The van der Waals surface area contributed by atoms with Crippen molar-refractivity contribution in [1.29, 1.82) is 0 Å². The molecule has 3 heterocycles. The van der Waals surface area contributed by atoms with E-state index in [1.165, 1.54) is 0 Å². The first-order chi connectivity index (χ1) is 11.7. The van der Waals surface area contributed by atoms with Crippen LogP contribution in [0, 0.1) is 0 Å². The molecule has 2 aliphatic rings. The lowest BCUT2D eigenvalue weighted by Gasteiger charge is -2.21. The molecule has 126 valence electrons. The maximum Gasteiger partial charge on any atom is 0.267 e. The number of amides is 1. The Morgan fingerprint density at radius 3 is 3.04 bits per heavy atom. The number of hydrogen-bond donors (Lipinski definition) is 2. The minimum Gasteiger partial charge on any atom is -0.506 e. The van der Waals surface area contributed by atoms with Gasteiger partial charge in [0.25, 0.3) is 11.5 Å². The van der Waals surface area contributed by atoms with E-state index in [9.17, 15) is 14.7 Å². The third-order valence-corrected chi connectivity index (χ3v) is 4.91. The Hall–Kier alpha value is -2.34. The van der Waals surface area contributed by atoms with Gasteiger partial charge in [-0.3, -0.25) is 9.59 Å². The number of ether oxygens (including phenoxy) is 1. The van der Waals surface area contributed by atoms with Crippen LogP contribution in [-0.2, 0) is 17.7 Å². The minimum atomic E-state index is -0.533. The molecule has 4 rings (SSSR count). The Balaban J connectivity index is 1.75. The number of hydrogen-bond acceptors (Lipinski definition) is 4. The van der Waals surface area contributed by atoms with Crippen LogP contribution < -0.4 is 10.9 Å². The van der Waals surface area contributed by atoms with Gasteiger partial charge in [0.1, 0.15) is 11.3 Å². The zero-order chi connectivity index (χ0) is 16.7. The van der Waals surface area contributed by atoms with Crippen molar-refractivity contribution in [2.75, 3.05) is 13.2 Å². The smallest absolute Gasteiger partial charge is 0.267 e. The highest BCUT2D eigenvalue weighted by atomic mass is 16.5. The Labute approximate surface area is 139 Å². The highest BCUT2D eigenvalue weighted by Gasteiger charge is 2.25. The topological polar surface area (TPSA) is 80.6 Å². The molecule has 6 nitrogen and oxygen atoms in total. The standard InChI is InChI=1S/C18H20N2O4/c21-16-13-7-1-4-11-5-2-8-20(15(11)13)18(23)14(16)17(22)19-10-12-6-3-9-24-12/h1,4,7,12,21H,2-3,5-6,8-10H2,(H,19,22)/t12-/m0/s1. The number of aryl methyl sites for hydroxylation is 2. The van der Waals surface area contributed by atoms with Gasteiger partial charge >= 0.3 is 0 Å². The van der Waals surface area contributed by atoms with E-state index in [1.54, 1.807) is 10.6 Å². The van der Waals surface area contributed by atoms with Gasteiger partial charge in [0.15, 0.2) is 0 Å². The molecular weight excluding hydrogens is 308 g/mol. The molecule has 1 fully saturated rings. The molecule has 1 saturated heterocycles. The van der Waals surface area contributed by atoms with E-state index in [0.29, 0.717) is 25.1 Å². The molecule has 2 N–H and O–H groups in total. The van der Waals surface area contributed by atoms with Crippen LogP contribution in [0.3, 0.4) is 0 Å². The fourth-order valence-corrected chi connectivity index (χ4v) is 3.72. The predicted octanol–water partition coefficient (Wildman–Crippen LogP) is 1.56. The summed E-state index contributed by atoms with van der Waals surface area (Å²) in [6, 6.07) is 5.58. The van der Waals surface area contributed by atoms with Crippen LogP contribution >= 0.6 is 0 Å². The van der Waals surface area contributed by atoms with E-state index in [1.807, 2.05) is 12.1 Å². The van der Waals surface area contributed by atoms with Crippen LogP contribution in [0.1, 0.15) is 35.2 Å². The lowest BCUT2D eigenvalue weighted by Crippen LogP contribution is -2.37. The molecular formula is C18H20N2O4. The number of aromatic nitrogens is 1. The zero-order valence-corrected chi connectivity index (χ0v) is 13.4. The number of nitrogens with zero attached hydrogens (tertiary/aromatic N) is 1. The average molecular weight is 328 g/mol. The van der Waals surface area contributed by atoms with Crippen molar-refractivity contribution in [2.45, 2.75) is 38.3 Å². The monoisotopic (exact) mass is 328 g/mol. The fourth-order valence-electron chi connectivity index (χ4n) is 3.72. The van der Waals surface area contributed by atoms with Crippen molar-refractivity contribution in [3.63, 3.8) is 0 Å². The number of pyridine rings is 1. The lowest BCUT2D eigenvalue weighted by atomic mass is 9.99. The summed E-state index contributed by atoms with van der Waals surface area (Å²) in [4.78, 5) is 25.3. The van der Waals surface area contributed by atoms with E-state index in [4.69, 9.17) is 4.74 Å². The second kappa shape index (κ2) is 5.94. The molecule has 1 amide bonds. The maximum absolute atomic E-state index is 12.8. The molecule has 1 aromatic heterocycles. The van der Waals surface area contributed by atoms with E-state index in [0.717, 1.165) is 36.8 Å². The van der Waals surface area contributed by atoms with Gasteiger partial charge in [0.2, 0.25) is 0 Å². The minimum absolute atomic E-state index is 0.00994. The third-order valence-electron chi connectivity index (χ3n) is 4.91. The van der Waals surface area contributed by atoms with E-state index in [2.05, 4.69) is 5.32 Å². The van der Waals surface area contributed by atoms with Crippen LogP contribution in [0.15, 0.2) is 23.0 Å². The van der Waals surface area contributed by atoms with Crippen LogP contribution in [-0.4, -0.2) is 34.8 Å². The summed E-state index contributed by atoms with van der Waals surface area (Å²) in [7, 11) is 0. The van der Waals surface area contributed by atoms with Gasteiger partial charge < -0.3 is 19.7 Å². The van der Waals surface area contributed by atoms with Crippen molar-refractivity contribution in [3.05, 3.63) is 39.7 Å². The fraction of sp³-hybridized carbons (Fsp3) is 0.444. The first-order valence-corrected chi connectivity index (χ1v) is 8.44. The van der Waals surface area contributed by atoms with Crippen molar-refractivity contribution in [1.82, 2.24) is 9.88 Å². The Bertz CT molecular complexity index is 865. The second-order valence-electron chi connectivity index (χ2n) is 6.44. The first kappa shape index (κ1) is 15.2. The highest BCUT2D eigenvalue weighted by Crippen LogP contribution is 2.31. The summed E-state index contributed by atoms with van der Waals surface area (Å²) in [5.74, 6) is -0.755. The van der Waals surface area contributed by atoms with Gasteiger partial charge in [-0.1, -0.05) is 12.1 Å². The number of para-hydroxylation sites is 1. The van der Waals surface area contributed by atoms with Crippen molar-refractivity contribution in [2.24, 2.45) is 0 Å². The molecule has 0 bridgehead atoms. The van der Waals surface area contributed by atoms with Crippen molar-refractivity contribution < 1.29 is 14.6 Å². The molecule has 24 heavy (non-hydrogen) atoms. The summed E-state index contributed by atoms with van der Waals surface area (Å²) in [6.45, 7) is 1.63. The van der Waals surface area contributed by atoms with E-state index < -0.39 is 11.5 Å². The van der Waals surface area contributed by atoms with Gasteiger partial charge in [-0.25, -0.2) is 0 Å². The summed E-state index contributed by atoms with van der Waals surface area (Å²) < 4.78 is 7.10. The average Bonchev–Trinajstić information content (AvgIpc) is 3.11. The Morgan fingerprint density at radius 2 is 2.25 bits per heavy atom. The zero-order valence-electron chi connectivity index (χ0n) is 13.4. The summed E-state index contributed by atoms with van der Waals surface area (Å²) in [6.07, 6.45) is 3.60. The highest BCUT2D eigenvalue weighted by molar-refractivity contribution is 6.03. The summed E-state index contributed by atoms with van der Waals surface area (Å²) >= 11 is 0. The third kappa shape index (κ3) is 2.38. The molecule has 2 aromatic rings. The molecule has 1 atom stereocenters. The molecule has 0 spiro atoms. The molecule has 0 aliphatic carbocycles. The SMILES string of the molecule is O=C(NC[C@@H]1CCCO1)c1c(O)c2cccc3c2n(c1=O)CCC3. The predicted molar refractivity (Wildman–Crippen MR) is 89.5 cm³/mol. The molecule has 6 heteroatoms. The summed E-state index contributed by atoms with van der Waals surface area (Å²) in [5.41, 5.74) is 1.20. The first-order valence-electron chi connectivity index (χ1n) is 8.44. The number of carbonyl (C=O) groups is 1. The molecule has 0 unspecified atom stereocenters. The number of benzene rings is 1. The van der Waals surface area contributed by atoms with Gasteiger partial charge in [-0.2, -0.15) is 0 Å². The van der Waals surface area contributed by atoms with Crippen LogP contribution in [0.4, 0.5) is 0 Å². The molecule has 1 aromatic carbocycles. The number of aromatic hydroxyl groups is 1. The van der Waals surface area contributed by atoms with Gasteiger partial charge in [-0.05, 0) is 37.3 Å². The van der Waals surface area contributed by atoms with Crippen LogP contribution in [0.2, 0.25) is 0 Å². The van der Waals surface area contributed by atoms with Crippen LogP contribution in [0.5, 0.6) is 5.75 Å². The lowest BCUT2D eigenvalue weighted by molar-refractivity contribution is 0.0854. The van der Waals surface area contributed by atoms with E-state index in [-0.39, 0.29) is 17.4 Å². The Morgan fingerprint density at radius 1 is 1.38 bits per heavy atom. The van der Waals surface area contributed by atoms with Crippen molar-refractivity contribution >= 4 is 16.8 Å². The number of carbonyl (C=O) groups excluding carboxylic acids is 1. The normalized spacial score (nSPS) is 19.6. The van der Waals surface area contributed by atoms with Gasteiger partial charge in [-0.15, -0.1) is 0 Å². The van der Waals surface area contributed by atoms with E-state index >= 15 is 0 Å². The Kier molecular flexibility index (Phi) is 3.76. The quantitative estimate of drug-likeness (QED) is 0.896. The maximum atomic E-state index is 12.8. The molecule has 2 aliphatic heterocycles. The van der Waals surface area contributed by atoms with Crippen molar-refractivity contribution in [3.8, 4) is 5.75 Å². The number of rotatable bonds is 3. The largest absolute Gasteiger partial charge is 0.506 e. The van der Waals surface area contributed by atoms with Gasteiger partial charge in [0, 0.05) is 25.1 Å². The van der Waals surface area contributed by atoms with Gasteiger partial charge in [0.05, 0.1) is 11.6 Å². The van der Waals surface area contributed by atoms with Crippen LogP contribution in [0.25, 0.3) is 10.9 Å². The second-order valence-corrected chi connectivity index (χ2v) is 6.44.